The first-order chi connectivity index (χ1) is 12.5. The fourth-order valence-electron chi connectivity index (χ4n) is 3.24. The molecule has 27 heavy (non-hydrogen) atoms. The second-order valence-electron chi connectivity index (χ2n) is 6.65. The van der Waals surface area contributed by atoms with Crippen LogP contribution in [0.25, 0.3) is 0 Å². The summed E-state index contributed by atoms with van der Waals surface area (Å²) in [5.74, 6) is 0.443. The molecule has 2 heterocycles. The predicted octanol–water partition coefficient (Wildman–Crippen LogP) is 1.64. The van der Waals surface area contributed by atoms with Crippen LogP contribution in [0.2, 0.25) is 5.02 Å². The Hall–Kier alpha value is -1.26. The number of nitrogens with two attached hydrogens (primary N) is 1. The van der Waals surface area contributed by atoms with Gasteiger partial charge in [0.05, 0.1) is 12.7 Å². The molecule has 7 nitrogen and oxygen atoms in total. The highest BCUT2D eigenvalue weighted by molar-refractivity contribution is 14.0. The summed E-state index contributed by atoms with van der Waals surface area (Å²) < 4.78 is 5.49. The lowest BCUT2D eigenvalue weighted by molar-refractivity contribution is -0.129. The van der Waals surface area contributed by atoms with E-state index in [2.05, 4.69) is 9.89 Å². The number of halogens is 2. The van der Waals surface area contributed by atoms with Crippen molar-refractivity contribution in [1.29, 1.82) is 0 Å². The van der Waals surface area contributed by atoms with Gasteiger partial charge < -0.3 is 25.2 Å². The molecule has 2 fully saturated rings. The molecule has 150 valence electrons. The number of carbonyl (C=O) groups excluding carboxylic acids is 1. The Balaban J connectivity index is 0.00000261. The van der Waals surface area contributed by atoms with E-state index >= 15 is 0 Å². The third-order valence-electron chi connectivity index (χ3n) is 4.77. The molecule has 0 bridgehead atoms. The van der Waals surface area contributed by atoms with Crippen molar-refractivity contribution in [2.24, 2.45) is 10.7 Å². The van der Waals surface area contributed by atoms with Crippen molar-refractivity contribution in [3.8, 4) is 0 Å². The lowest BCUT2D eigenvalue weighted by Gasteiger charge is -2.36. The molecule has 3 rings (SSSR count). The number of piperazine rings is 1. The van der Waals surface area contributed by atoms with E-state index in [1.54, 1.807) is 0 Å². The van der Waals surface area contributed by atoms with E-state index in [1.165, 1.54) is 0 Å². The summed E-state index contributed by atoms with van der Waals surface area (Å²) in [5, 5.41) is 0.729. The fraction of sp³-hybridized carbons (Fsp3) is 0.556. The maximum absolute atomic E-state index is 12.4. The van der Waals surface area contributed by atoms with Crippen molar-refractivity contribution < 1.29 is 9.53 Å². The number of aliphatic imine (C=N–C) groups is 1. The number of hydrogen-bond acceptors (Lipinski definition) is 4. The number of hydrogen-bond donors (Lipinski definition) is 1. The Bertz CT molecular complexity index is 650. The number of carbonyl (C=O) groups is 1. The molecule has 0 spiro atoms. The maximum atomic E-state index is 12.4. The Morgan fingerprint density at radius 1 is 1.19 bits per heavy atom. The molecule has 0 aromatic heterocycles. The quantitative estimate of drug-likeness (QED) is 0.383. The van der Waals surface area contributed by atoms with E-state index in [0.717, 1.165) is 23.8 Å². The minimum Gasteiger partial charge on any atom is -0.375 e. The minimum atomic E-state index is 0. The van der Waals surface area contributed by atoms with Crippen LogP contribution in [-0.4, -0.2) is 80.2 Å². The SMILES string of the molecule is CC1CN(C(N)=NCC(=O)N2CCN(c3ccc(Cl)cc3)CC2)CCO1.I. The average molecular weight is 508 g/mol. The van der Waals surface area contributed by atoms with Crippen LogP contribution in [0.15, 0.2) is 29.3 Å². The molecule has 0 radical (unpaired) electrons. The Morgan fingerprint density at radius 3 is 2.48 bits per heavy atom. The summed E-state index contributed by atoms with van der Waals surface area (Å²) in [7, 11) is 0. The topological polar surface area (TPSA) is 74.4 Å². The smallest absolute Gasteiger partial charge is 0.244 e. The summed E-state index contributed by atoms with van der Waals surface area (Å²) in [6.07, 6.45) is 0.133. The molecule has 1 unspecified atom stereocenters. The number of guanidine groups is 1. The van der Waals surface area contributed by atoms with E-state index in [1.807, 2.05) is 41.0 Å². The van der Waals surface area contributed by atoms with Gasteiger partial charge in [0.15, 0.2) is 5.96 Å². The van der Waals surface area contributed by atoms with Crippen LogP contribution in [0.4, 0.5) is 5.69 Å². The van der Waals surface area contributed by atoms with Gasteiger partial charge in [-0.3, -0.25) is 4.79 Å². The first-order valence-electron chi connectivity index (χ1n) is 8.97. The van der Waals surface area contributed by atoms with Crippen LogP contribution in [-0.2, 0) is 9.53 Å². The fourth-order valence-corrected chi connectivity index (χ4v) is 3.37. The molecule has 2 aliphatic heterocycles. The number of rotatable bonds is 3. The first-order valence-corrected chi connectivity index (χ1v) is 9.35. The second-order valence-corrected chi connectivity index (χ2v) is 7.08. The predicted molar refractivity (Wildman–Crippen MR) is 119 cm³/mol. The number of anilines is 1. The highest BCUT2D eigenvalue weighted by Crippen LogP contribution is 2.19. The largest absolute Gasteiger partial charge is 0.375 e. The van der Waals surface area contributed by atoms with Gasteiger partial charge in [-0.25, -0.2) is 4.99 Å². The van der Waals surface area contributed by atoms with Gasteiger partial charge in [-0.05, 0) is 31.2 Å². The number of ether oxygens (including phenoxy) is 1. The van der Waals surface area contributed by atoms with E-state index < -0.39 is 0 Å². The lowest BCUT2D eigenvalue weighted by atomic mass is 10.2. The number of nitrogens with zero attached hydrogens (tertiary/aromatic N) is 4. The van der Waals surface area contributed by atoms with E-state index in [0.29, 0.717) is 38.7 Å². The van der Waals surface area contributed by atoms with Gasteiger partial charge in [0.1, 0.15) is 6.54 Å². The molecular formula is C18H27ClIN5O2. The van der Waals surface area contributed by atoms with Gasteiger partial charge in [0.25, 0.3) is 0 Å². The highest BCUT2D eigenvalue weighted by Gasteiger charge is 2.22. The number of morpholine rings is 1. The van der Waals surface area contributed by atoms with Gasteiger partial charge in [-0.15, -0.1) is 24.0 Å². The van der Waals surface area contributed by atoms with Crippen LogP contribution in [0.3, 0.4) is 0 Å². The first kappa shape index (κ1) is 22.0. The number of amides is 1. The zero-order valence-corrected chi connectivity index (χ0v) is 18.6. The summed E-state index contributed by atoms with van der Waals surface area (Å²) >= 11 is 5.94. The van der Waals surface area contributed by atoms with Crippen LogP contribution < -0.4 is 10.6 Å². The van der Waals surface area contributed by atoms with Gasteiger partial charge >= 0.3 is 0 Å². The molecule has 2 N–H and O–H groups in total. The van der Waals surface area contributed by atoms with Crippen molar-refractivity contribution in [2.75, 3.05) is 57.3 Å². The second kappa shape index (κ2) is 10.3. The molecular weight excluding hydrogens is 481 g/mol. The summed E-state index contributed by atoms with van der Waals surface area (Å²) in [6, 6.07) is 7.79. The molecule has 9 heteroatoms. The van der Waals surface area contributed by atoms with Crippen molar-refractivity contribution in [1.82, 2.24) is 9.80 Å². The zero-order chi connectivity index (χ0) is 18.5. The van der Waals surface area contributed by atoms with E-state index in [9.17, 15) is 4.79 Å². The van der Waals surface area contributed by atoms with Crippen LogP contribution in [0, 0.1) is 0 Å². The van der Waals surface area contributed by atoms with Crippen LogP contribution >= 0.6 is 35.6 Å². The minimum absolute atomic E-state index is 0. The van der Waals surface area contributed by atoms with E-state index in [4.69, 9.17) is 22.1 Å². The Kier molecular flexibility index (Phi) is 8.43. The highest BCUT2D eigenvalue weighted by atomic mass is 127. The molecule has 2 aliphatic rings. The third kappa shape index (κ3) is 6.11. The third-order valence-corrected chi connectivity index (χ3v) is 5.02. The molecule has 1 atom stereocenters. The maximum Gasteiger partial charge on any atom is 0.244 e. The Morgan fingerprint density at radius 2 is 1.85 bits per heavy atom. The monoisotopic (exact) mass is 507 g/mol. The number of benzene rings is 1. The molecule has 2 saturated heterocycles. The van der Waals surface area contributed by atoms with Crippen LogP contribution in [0.5, 0.6) is 0 Å². The molecule has 0 saturated carbocycles. The average Bonchev–Trinajstić information content (AvgIpc) is 2.66. The summed E-state index contributed by atoms with van der Waals surface area (Å²) in [4.78, 5) is 22.8. The molecule has 1 aromatic carbocycles. The molecule has 1 aromatic rings. The Labute approximate surface area is 182 Å². The van der Waals surface area contributed by atoms with Gasteiger partial charge in [0, 0.05) is 50.0 Å². The molecule has 0 aliphatic carbocycles. The van der Waals surface area contributed by atoms with E-state index in [-0.39, 0.29) is 42.5 Å². The van der Waals surface area contributed by atoms with Crippen molar-refractivity contribution >= 4 is 53.1 Å². The zero-order valence-electron chi connectivity index (χ0n) is 15.5. The van der Waals surface area contributed by atoms with Crippen molar-refractivity contribution in [3.63, 3.8) is 0 Å². The lowest BCUT2D eigenvalue weighted by Crippen LogP contribution is -2.50. The summed E-state index contributed by atoms with van der Waals surface area (Å²) in [6.45, 7) is 7.14. The standard InChI is InChI=1S/C18H26ClN5O2.HI/c1-14-13-24(10-11-26-14)18(20)21-12-17(25)23-8-6-22(7-9-23)16-4-2-15(19)3-5-16;/h2-5,14H,6-13H2,1H3,(H2,20,21);1H. The van der Waals surface area contributed by atoms with Gasteiger partial charge in [-0.2, -0.15) is 0 Å². The van der Waals surface area contributed by atoms with Crippen molar-refractivity contribution in [3.05, 3.63) is 29.3 Å². The molecule has 1 amide bonds. The van der Waals surface area contributed by atoms with Gasteiger partial charge in [0.2, 0.25) is 5.91 Å². The van der Waals surface area contributed by atoms with Gasteiger partial charge in [-0.1, -0.05) is 11.6 Å². The normalized spacial score (nSPS) is 21.0. The van der Waals surface area contributed by atoms with Crippen LogP contribution in [0.1, 0.15) is 6.92 Å². The summed E-state index contributed by atoms with van der Waals surface area (Å²) in [5.41, 5.74) is 7.16. The van der Waals surface area contributed by atoms with Crippen molar-refractivity contribution in [2.45, 2.75) is 13.0 Å².